The number of amides is 1. The third-order valence-electron chi connectivity index (χ3n) is 3.05. The highest BCUT2D eigenvalue weighted by atomic mass is 35.5. The minimum Gasteiger partial charge on any atom is -0.327 e. The van der Waals surface area contributed by atoms with Crippen molar-refractivity contribution in [3.8, 4) is 0 Å². The van der Waals surface area contributed by atoms with E-state index in [4.69, 9.17) is 11.6 Å². The molecule has 2 rings (SSSR count). The topological polar surface area (TPSA) is 33.2 Å². The predicted molar refractivity (Wildman–Crippen MR) is 68.7 cm³/mol. The average Bonchev–Trinajstić information content (AvgIpc) is 3.17. The van der Waals surface area contributed by atoms with E-state index in [1.165, 1.54) is 12.1 Å². The summed E-state index contributed by atoms with van der Waals surface area (Å²) in [4.78, 5) is 17.1. The first-order valence-corrected chi connectivity index (χ1v) is 6.72. The highest BCUT2D eigenvalue weighted by molar-refractivity contribution is 6.29. The first kappa shape index (κ1) is 15.1. The molecule has 110 valence electrons. The summed E-state index contributed by atoms with van der Waals surface area (Å²) >= 11 is 5.80. The van der Waals surface area contributed by atoms with E-state index in [0.29, 0.717) is 25.0 Å². The molecule has 0 radical (unpaired) electrons. The maximum atomic E-state index is 12.6. The van der Waals surface area contributed by atoms with Crippen LogP contribution in [-0.4, -0.2) is 34.6 Å². The van der Waals surface area contributed by atoms with Crippen LogP contribution in [0.5, 0.6) is 0 Å². The van der Waals surface area contributed by atoms with Gasteiger partial charge in [0.1, 0.15) is 11.7 Å². The zero-order valence-corrected chi connectivity index (χ0v) is 11.6. The summed E-state index contributed by atoms with van der Waals surface area (Å²) in [7, 11) is 0. The number of hydrogen-bond acceptors (Lipinski definition) is 2. The third kappa shape index (κ3) is 3.85. The Bertz CT molecular complexity index is 515. The van der Waals surface area contributed by atoms with Gasteiger partial charge in [0.2, 0.25) is 0 Å². The van der Waals surface area contributed by atoms with E-state index in [1.807, 2.05) is 6.92 Å². The highest BCUT2D eigenvalue weighted by Gasteiger charge is 2.40. The van der Waals surface area contributed by atoms with E-state index in [2.05, 4.69) is 4.98 Å². The Labute approximate surface area is 119 Å². The Balaban J connectivity index is 2.25. The number of pyridine rings is 1. The van der Waals surface area contributed by atoms with E-state index in [1.54, 1.807) is 0 Å². The van der Waals surface area contributed by atoms with Crippen molar-refractivity contribution in [2.24, 2.45) is 0 Å². The molecule has 0 atom stereocenters. The number of aromatic nitrogens is 1. The van der Waals surface area contributed by atoms with Gasteiger partial charge >= 0.3 is 6.18 Å². The first-order chi connectivity index (χ1) is 9.30. The maximum absolute atomic E-state index is 12.6. The van der Waals surface area contributed by atoms with Crippen LogP contribution in [0.1, 0.15) is 35.8 Å². The Kier molecular flexibility index (Phi) is 4.22. The molecular formula is C13H14ClF3N2O. The molecule has 1 aliphatic carbocycles. The van der Waals surface area contributed by atoms with Gasteiger partial charge in [-0.3, -0.25) is 4.79 Å². The van der Waals surface area contributed by atoms with Crippen LogP contribution in [0.2, 0.25) is 5.15 Å². The van der Waals surface area contributed by atoms with E-state index in [9.17, 15) is 18.0 Å². The van der Waals surface area contributed by atoms with Gasteiger partial charge < -0.3 is 4.90 Å². The normalized spacial score (nSPS) is 15.2. The molecule has 1 aromatic heterocycles. The number of aryl methyl sites for hydroxylation is 1. The van der Waals surface area contributed by atoms with Crippen LogP contribution in [0.4, 0.5) is 13.2 Å². The molecule has 0 unspecified atom stereocenters. The molecule has 7 heteroatoms. The number of carbonyl (C=O) groups is 1. The van der Waals surface area contributed by atoms with Crippen molar-refractivity contribution in [1.82, 2.24) is 9.88 Å². The molecule has 0 aromatic carbocycles. The monoisotopic (exact) mass is 306 g/mol. The smallest absolute Gasteiger partial charge is 0.327 e. The summed E-state index contributed by atoms with van der Waals surface area (Å²) in [5.41, 5.74) is 0.751. The summed E-state index contributed by atoms with van der Waals surface area (Å²) < 4.78 is 37.7. The van der Waals surface area contributed by atoms with Crippen molar-refractivity contribution in [3.05, 3.63) is 28.5 Å². The number of nitrogens with zero attached hydrogens (tertiary/aromatic N) is 2. The molecular weight excluding hydrogens is 293 g/mol. The van der Waals surface area contributed by atoms with Gasteiger partial charge in [-0.25, -0.2) is 4.98 Å². The van der Waals surface area contributed by atoms with Crippen LogP contribution in [0.15, 0.2) is 12.1 Å². The quantitative estimate of drug-likeness (QED) is 0.798. The average molecular weight is 307 g/mol. The first-order valence-electron chi connectivity index (χ1n) is 6.34. The van der Waals surface area contributed by atoms with E-state index in [0.717, 1.165) is 4.90 Å². The Hall–Kier alpha value is -1.30. The van der Waals surface area contributed by atoms with Crippen molar-refractivity contribution in [2.75, 3.05) is 6.54 Å². The fourth-order valence-corrected chi connectivity index (χ4v) is 2.19. The van der Waals surface area contributed by atoms with Crippen molar-refractivity contribution in [2.45, 2.75) is 38.4 Å². The molecule has 0 spiro atoms. The van der Waals surface area contributed by atoms with Gasteiger partial charge in [-0.05, 0) is 31.4 Å². The number of rotatable bonds is 4. The lowest BCUT2D eigenvalue weighted by Gasteiger charge is -2.24. The van der Waals surface area contributed by atoms with Crippen LogP contribution in [-0.2, 0) is 6.42 Å². The second-order valence-corrected chi connectivity index (χ2v) is 5.19. The summed E-state index contributed by atoms with van der Waals surface area (Å²) in [6.45, 7) is 0.610. The third-order valence-corrected chi connectivity index (χ3v) is 3.25. The van der Waals surface area contributed by atoms with Gasteiger partial charge in [0.15, 0.2) is 0 Å². The number of alkyl halides is 3. The predicted octanol–water partition coefficient (Wildman–Crippen LogP) is 3.46. The zero-order valence-electron chi connectivity index (χ0n) is 10.9. The van der Waals surface area contributed by atoms with Gasteiger partial charge in [-0.1, -0.05) is 18.5 Å². The van der Waals surface area contributed by atoms with Crippen molar-refractivity contribution in [1.29, 1.82) is 0 Å². The van der Waals surface area contributed by atoms with Gasteiger partial charge in [0.05, 0.1) is 0 Å². The van der Waals surface area contributed by atoms with Crippen LogP contribution in [0, 0.1) is 0 Å². The molecule has 1 aliphatic rings. The zero-order chi connectivity index (χ0) is 14.9. The standard InChI is InChI=1S/C13H14ClF3N2O/c1-2-9-5-8(6-11(14)18-9)12(20)19(10-3-4-10)7-13(15,16)17/h5-6,10H,2-4,7H2,1H3. The van der Waals surface area contributed by atoms with Crippen molar-refractivity contribution in [3.63, 3.8) is 0 Å². The molecule has 0 saturated heterocycles. The molecule has 20 heavy (non-hydrogen) atoms. The molecule has 0 N–H and O–H groups in total. The van der Waals surface area contributed by atoms with Crippen molar-refractivity contribution >= 4 is 17.5 Å². The van der Waals surface area contributed by atoms with Gasteiger partial charge in [-0.2, -0.15) is 13.2 Å². The molecule has 0 bridgehead atoms. The SMILES string of the molecule is CCc1cc(C(=O)N(CC(F)(F)F)C2CC2)cc(Cl)n1. The van der Waals surface area contributed by atoms with Crippen LogP contribution in [0.25, 0.3) is 0 Å². The largest absolute Gasteiger partial charge is 0.406 e. The van der Waals surface area contributed by atoms with Crippen LogP contribution < -0.4 is 0 Å². The summed E-state index contributed by atoms with van der Waals surface area (Å²) in [6.07, 6.45) is -2.62. The molecule has 1 amide bonds. The second kappa shape index (κ2) is 5.60. The van der Waals surface area contributed by atoms with Gasteiger partial charge in [-0.15, -0.1) is 0 Å². The Morgan fingerprint density at radius 1 is 1.45 bits per heavy atom. The summed E-state index contributed by atoms with van der Waals surface area (Å²) in [5, 5.41) is 0.121. The fraction of sp³-hybridized carbons (Fsp3) is 0.538. The van der Waals surface area contributed by atoms with E-state index < -0.39 is 18.6 Å². The Morgan fingerprint density at radius 2 is 2.10 bits per heavy atom. The lowest BCUT2D eigenvalue weighted by atomic mass is 10.1. The lowest BCUT2D eigenvalue weighted by Crippen LogP contribution is -2.40. The lowest BCUT2D eigenvalue weighted by molar-refractivity contribution is -0.141. The molecule has 1 saturated carbocycles. The van der Waals surface area contributed by atoms with Crippen LogP contribution in [0.3, 0.4) is 0 Å². The summed E-state index contributed by atoms with van der Waals surface area (Å²) in [6, 6.07) is 2.50. The van der Waals surface area contributed by atoms with Gasteiger partial charge in [0, 0.05) is 17.3 Å². The highest BCUT2D eigenvalue weighted by Crippen LogP contribution is 2.31. The minimum absolute atomic E-state index is 0.121. The second-order valence-electron chi connectivity index (χ2n) is 4.80. The number of hydrogen-bond donors (Lipinski definition) is 0. The molecule has 3 nitrogen and oxygen atoms in total. The Morgan fingerprint density at radius 3 is 2.60 bits per heavy atom. The number of halogens is 4. The number of carbonyl (C=O) groups excluding carboxylic acids is 1. The molecule has 0 aliphatic heterocycles. The summed E-state index contributed by atoms with van der Waals surface area (Å²) in [5.74, 6) is -0.635. The minimum atomic E-state index is -4.40. The van der Waals surface area contributed by atoms with Gasteiger partial charge in [0.25, 0.3) is 5.91 Å². The molecule has 1 fully saturated rings. The molecule has 1 heterocycles. The van der Waals surface area contributed by atoms with Crippen molar-refractivity contribution < 1.29 is 18.0 Å². The molecule has 1 aromatic rings. The van der Waals surface area contributed by atoms with E-state index in [-0.39, 0.29) is 16.8 Å². The fourth-order valence-electron chi connectivity index (χ4n) is 1.97. The maximum Gasteiger partial charge on any atom is 0.406 e. The van der Waals surface area contributed by atoms with E-state index >= 15 is 0 Å². The van der Waals surface area contributed by atoms with Crippen LogP contribution >= 0.6 is 11.6 Å².